The van der Waals surface area contributed by atoms with E-state index in [1.807, 2.05) is 0 Å². The summed E-state index contributed by atoms with van der Waals surface area (Å²) in [6.07, 6.45) is 2.33. The fourth-order valence-electron chi connectivity index (χ4n) is 2.01. The molecular formula is C17H26O. The van der Waals surface area contributed by atoms with Crippen molar-refractivity contribution in [2.24, 2.45) is 11.8 Å². The Bertz CT molecular complexity index is 404. The normalized spacial score (nSPS) is 12.8. The molecule has 0 saturated heterocycles. The average molecular weight is 246 g/mol. The van der Waals surface area contributed by atoms with E-state index in [0.717, 1.165) is 6.42 Å². The van der Waals surface area contributed by atoms with Crippen LogP contribution in [0, 0.1) is 25.7 Å². The minimum atomic E-state index is 0.371. The van der Waals surface area contributed by atoms with Crippen LogP contribution in [0.15, 0.2) is 18.2 Å². The van der Waals surface area contributed by atoms with E-state index in [1.54, 1.807) is 0 Å². The van der Waals surface area contributed by atoms with Crippen molar-refractivity contribution in [1.82, 2.24) is 0 Å². The molecule has 18 heavy (non-hydrogen) atoms. The molecule has 0 aliphatic heterocycles. The number of ketones is 1. The Morgan fingerprint density at radius 2 is 1.83 bits per heavy atom. The Kier molecular flexibility index (Phi) is 5.58. The lowest BCUT2D eigenvalue weighted by atomic mass is 9.91. The van der Waals surface area contributed by atoms with Crippen LogP contribution in [0.1, 0.15) is 50.3 Å². The molecule has 0 heterocycles. The molecule has 1 aromatic rings. The standard InChI is InChI=1S/C17H26O/c1-12(2)14(4)8-9-17(18)11-16-10-13(3)6-7-15(16)5/h6-7,10,12,14H,8-9,11H2,1-5H3. The van der Waals surface area contributed by atoms with Crippen LogP contribution in [0.5, 0.6) is 0 Å². The van der Waals surface area contributed by atoms with E-state index in [4.69, 9.17) is 0 Å². The topological polar surface area (TPSA) is 17.1 Å². The highest BCUT2D eigenvalue weighted by Gasteiger charge is 2.11. The molecular weight excluding hydrogens is 220 g/mol. The summed E-state index contributed by atoms with van der Waals surface area (Å²) in [5.41, 5.74) is 3.65. The molecule has 0 saturated carbocycles. The van der Waals surface area contributed by atoms with Gasteiger partial charge in [-0.1, -0.05) is 44.5 Å². The lowest BCUT2D eigenvalue weighted by Gasteiger charge is -2.14. The van der Waals surface area contributed by atoms with Gasteiger partial charge in [0.2, 0.25) is 0 Å². The van der Waals surface area contributed by atoms with Crippen LogP contribution < -0.4 is 0 Å². The van der Waals surface area contributed by atoms with Gasteiger partial charge in [0.15, 0.2) is 0 Å². The molecule has 1 rings (SSSR count). The monoisotopic (exact) mass is 246 g/mol. The lowest BCUT2D eigenvalue weighted by molar-refractivity contribution is -0.118. The van der Waals surface area contributed by atoms with Gasteiger partial charge in [-0.25, -0.2) is 0 Å². The second-order valence-corrected chi connectivity index (χ2v) is 5.91. The molecule has 1 aromatic carbocycles. The number of carbonyl (C=O) groups excluding carboxylic acids is 1. The first-order chi connectivity index (χ1) is 8.40. The van der Waals surface area contributed by atoms with Crippen LogP contribution in [0.2, 0.25) is 0 Å². The average Bonchev–Trinajstić information content (AvgIpc) is 2.30. The largest absolute Gasteiger partial charge is 0.299 e. The fraction of sp³-hybridized carbons (Fsp3) is 0.588. The molecule has 0 bridgehead atoms. The third-order valence-electron chi connectivity index (χ3n) is 3.91. The summed E-state index contributed by atoms with van der Waals surface area (Å²) >= 11 is 0. The van der Waals surface area contributed by atoms with E-state index in [2.05, 4.69) is 52.8 Å². The van der Waals surface area contributed by atoms with Gasteiger partial charge in [0.25, 0.3) is 0 Å². The molecule has 1 atom stereocenters. The number of Topliss-reactive ketones (excluding diaryl/α,β-unsaturated/α-hetero) is 1. The molecule has 0 aliphatic rings. The third-order valence-corrected chi connectivity index (χ3v) is 3.91. The predicted octanol–water partition coefficient (Wildman–Crippen LogP) is 4.49. The summed E-state index contributed by atoms with van der Waals surface area (Å²) in [7, 11) is 0. The second-order valence-electron chi connectivity index (χ2n) is 5.91. The maximum absolute atomic E-state index is 12.0. The van der Waals surface area contributed by atoms with Crippen LogP contribution in [0.4, 0.5) is 0 Å². The maximum atomic E-state index is 12.0. The molecule has 0 radical (unpaired) electrons. The highest BCUT2D eigenvalue weighted by Crippen LogP contribution is 2.18. The first-order valence-corrected chi connectivity index (χ1v) is 6.98. The van der Waals surface area contributed by atoms with Crippen molar-refractivity contribution in [3.8, 4) is 0 Å². The summed E-state index contributed by atoms with van der Waals surface area (Å²) in [6.45, 7) is 10.8. The fourth-order valence-corrected chi connectivity index (χ4v) is 2.01. The van der Waals surface area contributed by atoms with Crippen molar-refractivity contribution in [1.29, 1.82) is 0 Å². The van der Waals surface area contributed by atoms with Gasteiger partial charge in [-0.3, -0.25) is 4.79 Å². The smallest absolute Gasteiger partial charge is 0.137 e. The molecule has 0 aliphatic carbocycles. The zero-order chi connectivity index (χ0) is 13.7. The first kappa shape index (κ1) is 14.9. The lowest BCUT2D eigenvalue weighted by Crippen LogP contribution is -2.09. The molecule has 0 spiro atoms. The maximum Gasteiger partial charge on any atom is 0.137 e. The van der Waals surface area contributed by atoms with Crippen molar-refractivity contribution < 1.29 is 4.79 Å². The number of hydrogen-bond acceptors (Lipinski definition) is 1. The quantitative estimate of drug-likeness (QED) is 0.723. The molecule has 0 amide bonds. The SMILES string of the molecule is Cc1ccc(C)c(CC(=O)CCC(C)C(C)C)c1. The van der Waals surface area contributed by atoms with Gasteiger partial charge in [-0.05, 0) is 43.2 Å². The van der Waals surface area contributed by atoms with Crippen LogP contribution in [-0.2, 0) is 11.2 Å². The third kappa shape index (κ3) is 4.64. The first-order valence-electron chi connectivity index (χ1n) is 6.98. The van der Waals surface area contributed by atoms with E-state index in [-0.39, 0.29) is 0 Å². The van der Waals surface area contributed by atoms with Crippen molar-refractivity contribution in [2.75, 3.05) is 0 Å². The van der Waals surface area contributed by atoms with Gasteiger partial charge < -0.3 is 0 Å². The van der Waals surface area contributed by atoms with Crippen molar-refractivity contribution in [3.63, 3.8) is 0 Å². The van der Waals surface area contributed by atoms with Crippen LogP contribution in [0.25, 0.3) is 0 Å². The van der Waals surface area contributed by atoms with Crippen LogP contribution in [0.3, 0.4) is 0 Å². The number of hydrogen-bond donors (Lipinski definition) is 0. The zero-order valence-electron chi connectivity index (χ0n) is 12.4. The van der Waals surface area contributed by atoms with E-state index in [0.29, 0.717) is 30.5 Å². The van der Waals surface area contributed by atoms with E-state index >= 15 is 0 Å². The molecule has 0 aromatic heterocycles. The summed E-state index contributed by atoms with van der Waals surface area (Å²) in [6, 6.07) is 6.35. The van der Waals surface area contributed by atoms with Gasteiger partial charge >= 0.3 is 0 Å². The molecule has 1 nitrogen and oxygen atoms in total. The summed E-state index contributed by atoms with van der Waals surface area (Å²) in [4.78, 5) is 12.0. The molecule has 1 heteroatoms. The van der Waals surface area contributed by atoms with Gasteiger partial charge in [-0.15, -0.1) is 0 Å². The van der Waals surface area contributed by atoms with Crippen LogP contribution >= 0.6 is 0 Å². The van der Waals surface area contributed by atoms with Crippen molar-refractivity contribution in [2.45, 2.75) is 53.9 Å². The van der Waals surface area contributed by atoms with E-state index in [1.165, 1.54) is 16.7 Å². The number of carbonyl (C=O) groups is 1. The summed E-state index contributed by atoms with van der Waals surface area (Å²) in [5.74, 6) is 1.67. The Hall–Kier alpha value is -1.11. The minimum Gasteiger partial charge on any atom is -0.299 e. The van der Waals surface area contributed by atoms with Gasteiger partial charge in [0, 0.05) is 12.8 Å². The van der Waals surface area contributed by atoms with Gasteiger partial charge in [0.1, 0.15) is 5.78 Å². The summed E-state index contributed by atoms with van der Waals surface area (Å²) < 4.78 is 0. The Morgan fingerprint density at radius 3 is 2.44 bits per heavy atom. The highest BCUT2D eigenvalue weighted by molar-refractivity contribution is 5.81. The Labute approximate surface area is 112 Å². The van der Waals surface area contributed by atoms with Crippen molar-refractivity contribution >= 4 is 5.78 Å². The van der Waals surface area contributed by atoms with Gasteiger partial charge in [-0.2, -0.15) is 0 Å². The number of aryl methyl sites for hydroxylation is 2. The molecule has 0 N–H and O–H groups in total. The number of benzene rings is 1. The van der Waals surface area contributed by atoms with Gasteiger partial charge in [0.05, 0.1) is 0 Å². The Balaban J connectivity index is 2.52. The number of rotatable bonds is 6. The second kappa shape index (κ2) is 6.72. The molecule has 100 valence electrons. The molecule has 1 unspecified atom stereocenters. The zero-order valence-corrected chi connectivity index (χ0v) is 12.4. The Morgan fingerprint density at radius 1 is 1.17 bits per heavy atom. The predicted molar refractivity (Wildman–Crippen MR) is 77.9 cm³/mol. The molecule has 0 fully saturated rings. The minimum absolute atomic E-state index is 0.371. The van der Waals surface area contributed by atoms with E-state index in [9.17, 15) is 4.79 Å². The summed E-state index contributed by atoms with van der Waals surface area (Å²) in [5, 5.41) is 0. The van der Waals surface area contributed by atoms with E-state index < -0.39 is 0 Å². The highest BCUT2D eigenvalue weighted by atomic mass is 16.1. The van der Waals surface area contributed by atoms with Crippen molar-refractivity contribution in [3.05, 3.63) is 34.9 Å². The van der Waals surface area contributed by atoms with Crippen LogP contribution in [-0.4, -0.2) is 5.78 Å².